The number of Topliss-reactive ketones (excluding diaryl/α,β-unsaturated/α-hetero) is 1. The molecule has 4 rings (SSSR count). The van der Waals surface area contributed by atoms with Crippen molar-refractivity contribution < 1.29 is 24.2 Å². The minimum Gasteiger partial charge on any atom is -0.507 e. The normalized spacial score (nSPS) is 17.4. The standard InChI is InChI=1S/C29H30N2O5/c1-29(2,3)22-16-20(8-11-23(22)36-5)26(32)24-25(19-6-9-21(35-4)10-7-19)31(28(34)27(24)33)17-18-12-14-30-15-13-18/h6-16,25,32H,17H2,1-5H3/b26-24-. The summed E-state index contributed by atoms with van der Waals surface area (Å²) in [5.74, 6) is -0.285. The van der Waals surface area contributed by atoms with E-state index >= 15 is 0 Å². The highest BCUT2D eigenvalue weighted by atomic mass is 16.5. The van der Waals surface area contributed by atoms with Crippen molar-refractivity contribution in [3.8, 4) is 11.5 Å². The highest BCUT2D eigenvalue weighted by Gasteiger charge is 2.46. The molecule has 3 aromatic rings. The van der Waals surface area contributed by atoms with Gasteiger partial charge in [0.15, 0.2) is 0 Å². The first-order valence-corrected chi connectivity index (χ1v) is 11.7. The molecule has 7 heteroatoms. The van der Waals surface area contributed by atoms with Gasteiger partial charge in [-0.25, -0.2) is 0 Å². The summed E-state index contributed by atoms with van der Waals surface area (Å²) in [7, 11) is 3.17. The fraction of sp³-hybridized carbons (Fsp3) is 0.276. The molecule has 186 valence electrons. The van der Waals surface area contributed by atoms with Gasteiger partial charge in [0.25, 0.3) is 11.7 Å². The first kappa shape index (κ1) is 25.0. The number of ether oxygens (including phenoxy) is 2. The van der Waals surface area contributed by atoms with Crippen molar-refractivity contribution >= 4 is 17.4 Å². The zero-order valence-electron chi connectivity index (χ0n) is 21.1. The van der Waals surface area contributed by atoms with Gasteiger partial charge in [-0.3, -0.25) is 14.6 Å². The van der Waals surface area contributed by atoms with Gasteiger partial charge in [-0.05, 0) is 59.0 Å². The van der Waals surface area contributed by atoms with Crippen LogP contribution in [-0.4, -0.2) is 40.9 Å². The number of nitrogens with zero attached hydrogens (tertiary/aromatic N) is 2. The van der Waals surface area contributed by atoms with Crippen LogP contribution in [-0.2, 0) is 21.5 Å². The molecule has 0 spiro atoms. The van der Waals surface area contributed by atoms with E-state index in [1.165, 1.54) is 4.90 Å². The van der Waals surface area contributed by atoms with Crippen LogP contribution in [0.2, 0.25) is 0 Å². The van der Waals surface area contributed by atoms with Gasteiger partial charge in [-0.15, -0.1) is 0 Å². The summed E-state index contributed by atoms with van der Waals surface area (Å²) < 4.78 is 10.8. The van der Waals surface area contributed by atoms with Crippen molar-refractivity contribution in [2.75, 3.05) is 14.2 Å². The zero-order valence-corrected chi connectivity index (χ0v) is 21.1. The summed E-state index contributed by atoms with van der Waals surface area (Å²) in [4.78, 5) is 32.1. The van der Waals surface area contributed by atoms with Crippen LogP contribution in [0.5, 0.6) is 11.5 Å². The smallest absolute Gasteiger partial charge is 0.295 e. The second-order valence-electron chi connectivity index (χ2n) is 9.72. The first-order valence-electron chi connectivity index (χ1n) is 11.7. The fourth-order valence-electron chi connectivity index (χ4n) is 4.46. The molecule has 0 aliphatic carbocycles. The van der Waals surface area contributed by atoms with Crippen molar-refractivity contribution in [2.24, 2.45) is 0 Å². The molecule has 1 atom stereocenters. The number of amides is 1. The number of aliphatic hydroxyl groups excluding tert-OH is 1. The van der Waals surface area contributed by atoms with Gasteiger partial charge in [-0.2, -0.15) is 0 Å². The van der Waals surface area contributed by atoms with Crippen LogP contribution in [0, 0.1) is 0 Å². The Kier molecular flexibility index (Phi) is 6.84. The van der Waals surface area contributed by atoms with E-state index in [0.717, 1.165) is 11.1 Å². The Bertz CT molecular complexity index is 1310. The molecule has 7 nitrogen and oxygen atoms in total. The van der Waals surface area contributed by atoms with Crippen molar-refractivity contribution in [1.29, 1.82) is 0 Å². The lowest BCUT2D eigenvalue weighted by Crippen LogP contribution is -2.29. The molecule has 1 saturated heterocycles. The van der Waals surface area contributed by atoms with E-state index in [9.17, 15) is 14.7 Å². The number of aromatic nitrogens is 1. The summed E-state index contributed by atoms with van der Waals surface area (Å²) in [5, 5.41) is 11.5. The van der Waals surface area contributed by atoms with Crippen molar-refractivity contribution in [1.82, 2.24) is 9.88 Å². The first-order chi connectivity index (χ1) is 17.2. The molecule has 0 bridgehead atoms. The predicted molar refractivity (Wildman–Crippen MR) is 137 cm³/mol. The van der Waals surface area contributed by atoms with Crippen molar-refractivity contribution in [3.05, 3.63) is 94.8 Å². The average molecular weight is 487 g/mol. The number of hydrogen-bond acceptors (Lipinski definition) is 6. The number of aliphatic hydroxyl groups is 1. The maximum Gasteiger partial charge on any atom is 0.295 e. The number of carbonyl (C=O) groups is 2. The Morgan fingerprint density at radius 3 is 2.22 bits per heavy atom. The van der Waals surface area contributed by atoms with E-state index in [1.807, 2.05) is 26.8 Å². The summed E-state index contributed by atoms with van der Waals surface area (Å²) in [6.07, 6.45) is 3.28. The monoisotopic (exact) mass is 486 g/mol. The lowest BCUT2D eigenvalue weighted by Gasteiger charge is -2.26. The minimum atomic E-state index is -0.774. The third-order valence-corrected chi connectivity index (χ3v) is 6.35. The molecule has 1 fully saturated rings. The Hall–Kier alpha value is -4.13. The van der Waals surface area contributed by atoms with Gasteiger partial charge >= 0.3 is 0 Å². The van der Waals surface area contributed by atoms with E-state index in [0.29, 0.717) is 22.6 Å². The van der Waals surface area contributed by atoms with Gasteiger partial charge in [0.05, 0.1) is 25.8 Å². The number of pyridine rings is 1. The van der Waals surface area contributed by atoms with Crippen LogP contribution in [0.15, 0.2) is 72.6 Å². The lowest BCUT2D eigenvalue weighted by molar-refractivity contribution is -0.140. The Morgan fingerprint density at radius 2 is 1.64 bits per heavy atom. The van der Waals surface area contributed by atoms with E-state index in [1.54, 1.807) is 75.1 Å². The highest BCUT2D eigenvalue weighted by molar-refractivity contribution is 6.46. The van der Waals surface area contributed by atoms with E-state index in [4.69, 9.17) is 9.47 Å². The molecular weight excluding hydrogens is 456 g/mol. The molecule has 2 aromatic carbocycles. The third-order valence-electron chi connectivity index (χ3n) is 6.35. The van der Waals surface area contributed by atoms with Crippen LogP contribution < -0.4 is 9.47 Å². The number of benzene rings is 2. The molecule has 0 radical (unpaired) electrons. The quantitative estimate of drug-likeness (QED) is 0.299. The predicted octanol–water partition coefficient (Wildman–Crippen LogP) is 5.02. The topological polar surface area (TPSA) is 89.0 Å². The Morgan fingerprint density at radius 1 is 0.972 bits per heavy atom. The zero-order chi connectivity index (χ0) is 26.0. The molecule has 1 aliphatic rings. The van der Waals surface area contributed by atoms with Crippen LogP contribution in [0.4, 0.5) is 0 Å². The van der Waals surface area contributed by atoms with Gasteiger partial charge in [0.2, 0.25) is 0 Å². The number of ketones is 1. The summed E-state index contributed by atoms with van der Waals surface area (Å²) in [6, 6.07) is 15.2. The van der Waals surface area contributed by atoms with Crippen LogP contribution >= 0.6 is 0 Å². The van der Waals surface area contributed by atoms with Gasteiger partial charge < -0.3 is 19.5 Å². The number of methoxy groups -OCH3 is 2. The Balaban J connectivity index is 1.89. The average Bonchev–Trinajstić information content (AvgIpc) is 3.13. The number of likely N-dealkylation sites (tertiary alicyclic amines) is 1. The van der Waals surface area contributed by atoms with Gasteiger partial charge in [-0.1, -0.05) is 32.9 Å². The minimum absolute atomic E-state index is 0.0456. The van der Waals surface area contributed by atoms with Crippen LogP contribution in [0.3, 0.4) is 0 Å². The molecule has 1 aliphatic heterocycles. The second kappa shape index (κ2) is 9.85. The fourth-order valence-corrected chi connectivity index (χ4v) is 4.46. The molecule has 1 amide bonds. The molecule has 2 heterocycles. The van der Waals surface area contributed by atoms with E-state index < -0.39 is 17.7 Å². The molecule has 0 saturated carbocycles. The molecule has 36 heavy (non-hydrogen) atoms. The summed E-state index contributed by atoms with van der Waals surface area (Å²) in [6.45, 7) is 6.31. The van der Waals surface area contributed by atoms with E-state index in [-0.39, 0.29) is 23.3 Å². The molecule has 1 aromatic heterocycles. The van der Waals surface area contributed by atoms with Gasteiger partial charge in [0, 0.05) is 30.1 Å². The third kappa shape index (κ3) is 4.69. The summed E-state index contributed by atoms with van der Waals surface area (Å²) in [5.41, 5.74) is 2.61. The van der Waals surface area contributed by atoms with Crippen LogP contribution in [0.1, 0.15) is 49.1 Å². The highest BCUT2D eigenvalue weighted by Crippen LogP contribution is 2.42. The largest absolute Gasteiger partial charge is 0.507 e. The lowest BCUT2D eigenvalue weighted by atomic mass is 9.84. The number of rotatable bonds is 6. The van der Waals surface area contributed by atoms with Crippen molar-refractivity contribution in [3.63, 3.8) is 0 Å². The van der Waals surface area contributed by atoms with Gasteiger partial charge in [0.1, 0.15) is 17.3 Å². The SMILES string of the molecule is COc1ccc(C2/C(=C(/O)c3ccc(OC)c(C(C)(C)C)c3)C(=O)C(=O)N2Cc2ccncc2)cc1. The Labute approximate surface area is 211 Å². The summed E-state index contributed by atoms with van der Waals surface area (Å²) >= 11 is 0. The maximum atomic E-state index is 13.4. The second-order valence-corrected chi connectivity index (χ2v) is 9.72. The van der Waals surface area contributed by atoms with Crippen molar-refractivity contribution in [2.45, 2.75) is 38.8 Å². The van der Waals surface area contributed by atoms with Crippen LogP contribution in [0.25, 0.3) is 5.76 Å². The number of carbonyl (C=O) groups excluding carboxylic acids is 2. The van der Waals surface area contributed by atoms with E-state index in [2.05, 4.69) is 4.98 Å². The maximum absolute atomic E-state index is 13.4. The molecule has 1 unspecified atom stereocenters. The molecular formula is C29H30N2O5. The molecule has 1 N–H and O–H groups in total. The number of hydrogen-bond donors (Lipinski definition) is 1.